The fraction of sp³-hybridized carbons (Fsp3) is 0.667. The molecule has 0 radical (unpaired) electrons. The highest BCUT2D eigenvalue weighted by Gasteiger charge is 2.36. The van der Waals surface area contributed by atoms with E-state index in [2.05, 4.69) is 11.9 Å². The topological polar surface area (TPSA) is 32.6 Å². The lowest BCUT2D eigenvalue weighted by Gasteiger charge is -2.22. The number of nitrogens with zero attached hydrogens (tertiary/aromatic N) is 1. The lowest BCUT2D eigenvalue weighted by Crippen LogP contribution is -2.18. The van der Waals surface area contributed by atoms with Crippen molar-refractivity contribution in [1.82, 2.24) is 0 Å². The summed E-state index contributed by atoms with van der Waals surface area (Å²) in [4.78, 5) is 4.15. The molecule has 1 N–H and O–H groups in total. The molecule has 0 heterocycles. The number of aliphatic hydroxyl groups is 1. The molecule has 1 saturated carbocycles. The first-order valence-corrected chi connectivity index (χ1v) is 9.35. The number of hydrogen-bond acceptors (Lipinski definition) is 2. The van der Waals surface area contributed by atoms with Gasteiger partial charge in [0.1, 0.15) is 0 Å². The molecule has 2 nitrogen and oxygen atoms in total. The van der Waals surface area contributed by atoms with E-state index in [1.165, 1.54) is 33.1 Å². The number of benzene rings is 1. The lowest BCUT2D eigenvalue weighted by molar-refractivity contribution is -0.137. The smallest absolute Gasteiger partial charge is 0.386 e. The first kappa shape index (κ1) is 22.7. The van der Waals surface area contributed by atoms with Gasteiger partial charge in [-0.15, -0.1) is 0 Å². The van der Waals surface area contributed by atoms with Gasteiger partial charge in [-0.25, -0.2) is 0 Å². The van der Waals surface area contributed by atoms with Crippen molar-refractivity contribution in [2.75, 3.05) is 0 Å². The Morgan fingerprint density at radius 3 is 2.12 bits per heavy atom. The van der Waals surface area contributed by atoms with Gasteiger partial charge in [0, 0.05) is 5.71 Å². The number of halogens is 3. The average Bonchev–Trinajstić information content (AvgIpc) is 2.45. The van der Waals surface area contributed by atoms with E-state index in [4.69, 9.17) is 0 Å². The van der Waals surface area contributed by atoms with E-state index < -0.39 is 17.3 Å². The molecule has 1 aromatic rings. The SMILES string of the molecule is CC1CCC1.CCCC(C)=Nc1c(C)cc(C(C)(C)O)cc1C(F)(F)F. The van der Waals surface area contributed by atoms with Gasteiger partial charge in [-0.2, -0.15) is 13.2 Å². The summed E-state index contributed by atoms with van der Waals surface area (Å²) in [5, 5.41) is 9.96. The molecular formula is C21H32F3NO. The van der Waals surface area contributed by atoms with Crippen LogP contribution in [0.25, 0.3) is 0 Å². The monoisotopic (exact) mass is 371 g/mol. The van der Waals surface area contributed by atoms with Crippen LogP contribution in [0.3, 0.4) is 0 Å². The van der Waals surface area contributed by atoms with Crippen molar-refractivity contribution < 1.29 is 18.3 Å². The van der Waals surface area contributed by atoms with Gasteiger partial charge >= 0.3 is 6.18 Å². The first-order valence-electron chi connectivity index (χ1n) is 9.35. The molecule has 1 aliphatic carbocycles. The van der Waals surface area contributed by atoms with Crippen molar-refractivity contribution in [3.63, 3.8) is 0 Å². The number of hydrogen-bond donors (Lipinski definition) is 1. The minimum atomic E-state index is -4.50. The van der Waals surface area contributed by atoms with Crippen molar-refractivity contribution >= 4 is 11.4 Å². The zero-order valence-electron chi connectivity index (χ0n) is 16.8. The van der Waals surface area contributed by atoms with Crippen LogP contribution in [-0.2, 0) is 11.8 Å². The maximum atomic E-state index is 13.3. The van der Waals surface area contributed by atoms with E-state index in [0.29, 0.717) is 17.7 Å². The Kier molecular flexibility index (Phi) is 7.87. The molecule has 0 bridgehead atoms. The Morgan fingerprint density at radius 2 is 1.77 bits per heavy atom. The van der Waals surface area contributed by atoms with Crippen LogP contribution >= 0.6 is 0 Å². The van der Waals surface area contributed by atoms with Gasteiger partial charge < -0.3 is 5.11 Å². The van der Waals surface area contributed by atoms with E-state index in [1.807, 2.05) is 6.92 Å². The van der Waals surface area contributed by atoms with Crippen LogP contribution in [0, 0.1) is 12.8 Å². The van der Waals surface area contributed by atoms with Crippen molar-refractivity contribution in [1.29, 1.82) is 0 Å². The van der Waals surface area contributed by atoms with Crippen LogP contribution in [-0.4, -0.2) is 10.8 Å². The Balaban J connectivity index is 0.000000577. The zero-order chi connectivity index (χ0) is 20.1. The maximum Gasteiger partial charge on any atom is 0.418 e. The van der Waals surface area contributed by atoms with Gasteiger partial charge in [-0.3, -0.25) is 4.99 Å². The molecular weight excluding hydrogens is 339 g/mol. The third-order valence-electron chi connectivity index (χ3n) is 4.62. The molecule has 1 aliphatic rings. The molecule has 26 heavy (non-hydrogen) atoms. The standard InChI is InChI=1S/C16H22F3NO.C5H10/c1-6-7-11(3)20-14-10(2)8-12(15(4,5)21)9-13(14)16(17,18)19;1-5-3-2-4-5/h8-9,21H,6-7H2,1-5H3;5H,2-4H2,1H3. The average molecular weight is 371 g/mol. The molecule has 0 unspecified atom stereocenters. The molecule has 0 aromatic heterocycles. The van der Waals surface area contributed by atoms with Crippen molar-refractivity contribution in [2.24, 2.45) is 10.9 Å². The Morgan fingerprint density at radius 1 is 1.23 bits per heavy atom. The second kappa shape index (κ2) is 9.03. The minimum Gasteiger partial charge on any atom is -0.386 e. The summed E-state index contributed by atoms with van der Waals surface area (Å²) in [7, 11) is 0. The molecule has 0 atom stereocenters. The molecule has 0 amide bonds. The minimum absolute atomic E-state index is 0.0542. The van der Waals surface area contributed by atoms with Gasteiger partial charge in [0.2, 0.25) is 0 Å². The summed E-state index contributed by atoms with van der Waals surface area (Å²) in [6.45, 7) is 10.5. The predicted octanol–water partition coefficient (Wildman–Crippen LogP) is 6.94. The van der Waals surface area contributed by atoms with Gasteiger partial charge in [0.05, 0.1) is 16.9 Å². The van der Waals surface area contributed by atoms with Gasteiger partial charge in [-0.1, -0.05) is 45.6 Å². The Hall–Kier alpha value is -1.36. The van der Waals surface area contributed by atoms with E-state index >= 15 is 0 Å². The van der Waals surface area contributed by atoms with E-state index in [1.54, 1.807) is 19.9 Å². The first-order chi connectivity index (χ1) is 11.9. The van der Waals surface area contributed by atoms with Crippen molar-refractivity contribution in [2.45, 2.75) is 85.4 Å². The second-order valence-corrected chi connectivity index (χ2v) is 7.88. The molecule has 1 aromatic carbocycles. The quantitative estimate of drug-likeness (QED) is 0.571. The summed E-state index contributed by atoms with van der Waals surface area (Å²) in [5.41, 5.74) is -0.860. The highest BCUT2D eigenvalue weighted by Crippen LogP contribution is 2.41. The Bertz CT molecular complexity index is 623. The highest BCUT2D eigenvalue weighted by atomic mass is 19.4. The van der Waals surface area contributed by atoms with Crippen LogP contribution in [0.4, 0.5) is 18.9 Å². The molecule has 5 heteroatoms. The fourth-order valence-electron chi connectivity index (χ4n) is 2.72. The number of alkyl halides is 3. The van der Waals surface area contributed by atoms with Crippen LogP contribution in [0.15, 0.2) is 17.1 Å². The number of aliphatic imine (C=N–C) groups is 1. The fourth-order valence-corrected chi connectivity index (χ4v) is 2.72. The van der Waals surface area contributed by atoms with Crippen LogP contribution in [0.5, 0.6) is 0 Å². The van der Waals surface area contributed by atoms with Crippen LogP contribution in [0.2, 0.25) is 0 Å². The number of aryl methyl sites for hydroxylation is 1. The van der Waals surface area contributed by atoms with E-state index in [9.17, 15) is 18.3 Å². The summed E-state index contributed by atoms with van der Waals surface area (Å²) in [5.74, 6) is 1.06. The van der Waals surface area contributed by atoms with Gasteiger partial charge in [-0.05, 0) is 57.2 Å². The second-order valence-electron chi connectivity index (χ2n) is 7.88. The van der Waals surface area contributed by atoms with Crippen molar-refractivity contribution in [3.05, 3.63) is 28.8 Å². The maximum absolute atomic E-state index is 13.3. The predicted molar refractivity (Wildman–Crippen MR) is 102 cm³/mol. The lowest BCUT2D eigenvalue weighted by atomic mass is 9.88. The Labute approximate surface area is 155 Å². The molecule has 0 aliphatic heterocycles. The summed E-state index contributed by atoms with van der Waals surface area (Å²) in [6.07, 6.45) is 1.44. The largest absolute Gasteiger partial charge is 0.418 e. The molecule has 0 spiro atoms. The molecule has 1 fully saturated rings. The van der Waals surface area contributed by atoms with E-state index in [0.717, 1.165) is 18.4 Å². The molecule has 148 valence electrons. The zero-order valence-corrected chi connectivity index (χ0v) is 16.8. The molecule has 2 rings (SSSR count). The van der Waals surface area contributed by atoms with Crippen LogP contribution in [0.1, 0.15) is 83.4 Å². The normalized spacial score (nSPS) is 16.0. The third-order valence-corrected chi connectivity index (χ3v) is 4.62. The molecule has 0 saturated heterocycles. The summed E-state index contributed by atoms with van der Waals surface area (Å²) < 4.78 is 39.8. The number of rotatable bonds is 4. The van der Waals surface area contributed by atoms with E-state index in [-0.39, 0.29) is 11.3 Å². The van der Waals surface area contributed by atoms with Crippen molar-refractivity contribution in [3.8, 4) is 0 Å². The van der Waals surface area contributed by atoms with Gasteiger partial charge in [0.15, 0.2) is 0 Å². The highest BCUT2D eigenvalue weighted by molar-refractivity contribution is 5.85. The summed E-state index contributed by atoms with van der Waals surface area (Å²) in [6, 6.07) is 2.55. The van der Waals surface area contributed by atoms with Crippen LogP contribution < -0.4 is 0 Å². The summed E-state index contributed by atoms with van der Waals surface area (Å²) >= 11 is 0. The third kappa shape index (κ3) is 6.75. The van der Waals surface area contributed by atoms with Gasteiger partial charge in [0.25, 0.3) is 0 Å².